The van der Waals surface area contributed by atoms with E-state index in [0.29, 0.717) is 0 Å². The molecule has 0 heterocycles. The molecule has 0 nitrogen and oxygen atoms in total. The van der Waals surface area contributed by atoms with E-state index >= 15 is 0 Å². The van der Waals surface area contributed by atoms with Crippen LogP contribution in [0.1, 0.15) is 182 Å². The van der Waals surface area contributed by atoms with Crippen LogP contribution in [0.4, 0.5) is 0 Å². The summed E-state index contributed by atoms with van der Waals surface area (Å²) < 4.78 is 0. The van der Waals surface area contributed by atoms with Crippen LogP contribution in [-0.2, 0) is 0 Å². The van der Waals surface area contributed by atoms with Gasteiger partial charge in [-0.05, 0) is 11.8 Å². The molecule has 0 radical (unpaired) electrons. The summed E-state index contributed by atoms with van der Waals surface area (Å²) in [6.07, 6.45) is 35.4. The summed E-state index contributed by atoms with van der Waals surface area (Å²) in [5.74, 6) is 1.94. The lowest BCUT2D eigenvalue weighted by Gasteiger charge is -2.17. The number of hydrogen-bond acceptors (Lipinski definition) is 0. The molecule has 0 aromatic heterocycles. The van der Waals surface area contributed by atoms with E-state index in [-0.39, 0.29) is 0 Å². The van der Waals surface area contributed by atoms with Crippen LogP contribution in [0, 0.1) is 11.8 Å². The lowest BCUT2D eigenvalue weighted by atomic mass is 9.89. The van der Waals surface area contributed by atoms with E-state index in [9.17, 15) is 0 Å². The highest BCUT2D eigenvalue weighted by molar-refractivity contribution is 4.62. The average molecular weight is 423 g/mol. The van der Waals surface area contributed by atoms with Crippen LogP contribution in [-0.4, -0.2) is 0 Å². The highest BCUT2D eigenvalue weighted by Gasteiger charge is 2.08. The van der Waals surface area contributed by atoms with E-state index < -0.39 is 0 Å². The van der Waals surface area contributed by atoms with Crippen molar-refractivity contribution in [1.82, 2.24) is 0 Å². The molecule has 0 aromatic rings. The zero-order valence-electron chi connectivity index (χ0n) is 22.1. The third kappa shape index (κ3) is 24.3. The third-order valence-electron chi connectivity index (χ3n) is 7.08. The average Bonchev–Trinajstić information content (AvgIpc) is 2.73. The predicted octanol–water partition coefficient (Wildman–Crippen LogP) is 11.7. The molecular weight excluding hydrogens is 360 g/mol. The smallest absolute Gasteiger partial charge is 0.0414 e. The number of hydrogen-bond donors (Lipinski definition) is 0. The standard InChI is InChI=1S/C30H62/c1-5-7-9-18-23-27-30(26-21-8-6-2)28-24-20-17-15-13-11-10-12-14-16-19-22-25-29(3)4/h29-30H,5-28H2,1-4H3. The molecule has 1 unspecified atom stereocenters. The summed E-state index contributed by atoms with van der Waals surface area (Å²) in [5, 5.41) is 0. The van der Waals surface area contributed by atoms with Gasteiger partial charge in [-0.2, -0.15) is 0 Å². The Balaban J connectivity index is 3.48. The van der Waals surface area contributed by atoms with Crippen LogP contribution in [0.2, 0.25) is 0 Å². The molecule has 0 amide bonds. The molecule has 0 aromatic carbocycles. The fourth-order valence-electron chi connectivity index (χ4n) is 4.91. The van der Waals surface area contributed by atoms with Gasteiger partial charge in [-0.15, -0.1) is 0 Å². The van der Waals surface area contributed by atoms with Gasteiger partial charge in [0.1, 0.15) is 0 Å². The zero-order chi connectivity index (χ0) is 22.1. The van der Waals surface area contributed by atoms with E-state index in [0.717, 1.165) is 11.8 Å². The van der Waals surface area contributed by atoms with Gasteiger partial charge in [0.2, 0.25) is 0 Å². The summed E-state index contributed by atoms with van der Waals surface area (Å²) >= 11 is 0. The Labute approximate surface area is 193 Å². The molecule has 0 bridgehead atoms. The molecule has 0 rings (SSSR count). The quantitative estimate of drug-likeness (QED) is 0.128. The summed E-state index contributed by atoms with van der Waals surface area (Å²) in [6.45, 7) is 9.36. The maximum atomic E-state index is 2.35. The fraction of sp³-hybridized carbons (Fsp3) is 1.00. The first-order chi connectivity index (χ1) is 14.7. The van der Waals surface area contributed by atoms with Crippen molar-refractivity contribution in [2.24, 2.45) is 11.8 Å². The van der Waals surface area contributed by atoms with Gasteiger partial charge in [-0.3, -0.25) is 0 Å². The molecule has 0 fully saturated rings. The minimum atomic E-state index is 0.896. The van der Waals surface area contributed by atoms with Gasteiger partial charge in [0.05, 0.1) is 0 Å². The van der Waals surface area contributed by atoms with Gasteiger partial charge in [-0.1, -0.05) is 182 Å². The molecule has 1 atom stereocenters. The Morgan fingerprint density at radius 3 is 0.967 bits per heavy atom. The normalized spacial score (nSPS) is 12.7. The Morgan fingerprint density at radius 2 is 0.600 bits per heavy atom. The molecule has 0 heteroatoms. The highest BCUT2D eigenvalue weighted by Crippen LogP contribution is 2.24. The van der Waals surface area contributed by atoms with Gasteiger partial charge in [0.15, 0.2) is 0 Å². The molecule has 182 valence electrons. The van der Waals surface area contributed by atoms with Crippen molar-refractivity contribution in [3.05, 3.63) is 0 Å². The molecular formula is C30H62. The minimum Gasteiger partial charge on any atom is -0.0654 e. The van der Waals surface area contributed by atoms with Crippen molar-refractivity contribution in [3.63, 3.8) is 0 Å². The molecule has 0 aliphatic rings. The topological polar surface area (TPSA) is 0 Å². The predicted molar refractivity (Wildman–Crippen MR) is 140 cm³/mol. The second-order valence-corrected chi connectivity index (χ2v) is 10.8. The second-order valence-electron chi connectivity index (χ2n) is 10.8. The summed E-state index contributed by atoms with van der Waals surface area (Å²) in [7, 11) is 0. The second kappa shape index (κ2) is 25.3. The van der Waals surface area contributed by atoms with Crippen molar-refractivity contribution >= 4 is 0 Å². The minimum absolute atomic E-state index is 0.896. The Kier molecular flexibility index (Phi) is 25.3. The molecule has 0 saturated carbocycles. The highest BCUT2D eigenvalue weighted by atomic mass is 14.1. The SMILES string of the molecule is CCCCCCCC(CCCCC)CCCCCCCCCCCCCCC(C)C. The molecule has 0 aliphatic carbocycles. The maximum Gasteiger partial charge on any atom is -0.0414 e. The van der Waals surface area contributed by atoms with Gasteiger partial charge < -0.3 is 0 Å². The van der Waals surface area contributed by atoms with Crippen molar-refractivity contribution in [1.29, 1.82) is 0 Å². The van der Waals surface area contributed by atoms with Crippen molar-refractivity contribution in [3.8, 4) is 0 Å². The molecule has 0 spiro atoms. The van der Waals surface area contributed by atoms with Crippen molar-refractivity contribution < 1.29 is 0 Å². The maximum absolute atomic E-state index is 2.35. The van der Waals surface area contributed by atoms with Gasteiger partial charge in [-0.25, -0.2) is 0 Å². The third-order valence-corrected chi connectivity index (χ3v) is 7.08. The lowest BCUT2D eigenvalue weighted by molar-refractivity contribution is 0.368. The van der Waals surface area contributed by atoms with Gasteiger partial charge in [0, 0.05) is 0 Å². The molecule has 30 heavy (non-hydrogen) atoms. The van der Waals surface area contributed by atoms with Crippen LogP contribution < -0.4 is 0 Å². The largest absolute Gasteiger partial charge is 0.0654 e. The van der Waals surface area contributed by atoms with E-state index in [4.69, 9.17) is 0 Å². The van der Waals surface area contributed by atoms with E-state index in [1.807, 2.05) is 0 Å². The van der Waals surface area contributed by atoms with Crippen molar-refractivity contribution in [2.45, 2.75) is 182 Å². The monoisotopic (exact) mass is 422 g/mol. The number of unbranched alkanes of at least 4 members (excludes halogenated alkanes) is 17. The van der Waals surface area contributed by atoms with E-state index in [1.54, 1.807) is 0 Å². The van der Waals surface area contributed by atoms with Crippen LogP contribution in [0.15, 0.2) is 0 Å². The Hall–Kier alpha value is 0. The van der Waals surface area contributed by atoms with Gasteiger partial charge in [0.25, 0.3) is 0 Å². The Bertz CT molecular complexity index is 292. The van der Waals surface area contributed by atoms with Crippen molar-refractivity contribution in [2.75, 3.05) is 0 Å². The first-order valence-corrected chi connectivity index (χ1v) is 14.7. The lowest BCUT2D eigenvalue weighted by Crippen LogP contribution is -2.01. The Morgan fingerprint density at radius 1 is 0.333 bits per heavy atom. The molecule has 0 aliphatic heterocycles. The van der Waals surface area contributed by atoms with E-state index in [1.165, 1.54) is 154 Å². The van der Waals surface area contributed by atoms with Crippen LogP contribution in [0.5, 0.6) is 0 Å². The summed E-state index contributed by atoms with van der Waals surface area (Å²) in [4.78, 5) is 0. The summed E-state index contributed by atoms with van der Waals surface area (Å²) in [5.41, 5.74) is 0. The fourth-order valence-corrected chi connectivity index (χ4v) is 4.91. The first kappa shape index (κ1) is 30.0. The van der Waals surface area contributed by atoms with Gasteiger partial charge >= 0.3 is 0 Å². The zero-order valence-corrected chi connectivity index (χ0v) is 22.1. The van der Waals surface area contributed by atoms with Crippen LogP contribution in [0.25, 0.3) is 0 Å². The van der Waals surface area contributed by atoms with E-state index in [2.05, 4.69) is 27.7 Å². The van der Waals surface area contributed by atoms with Crippen LogP contribution >= 0.6 is 0 Å². The number of rotatable bonds is 25. The summed E-state index contributed by atoms with van der Waals surface area (Å²) in [6, 6.07) is 0. The molecule has 0 saturated heterocycles. The van der Waals surface area contributed by atoms with Crippen LogP contribution in [0.3, 0.4) is 0 Å². The first-order valence-electron chi connectivity index (χ1n) is 14.7. The molecule has 0 N–H and O–H groups in total.